The number of aromatic nitrogens is 2. The fourth-order valence-corrected chi connectivity index (χ4v) is 5.99. The third-order valence-corrected chi connectivity index (χ3v) is 8.33. The second-order valence-electron chi connectivity index (χ2n) is 10.2. The van der Waals surface area contributed by atoms with Crippen molar-refractivity contribution in [2.75, 3.05) is 0 Å². The van der Waals surface area contributed by atoms with Crippen LogP contribution in [0, 0.1) is 0 Å². The minimum Gasteiger partial charge on any atom is -0.507 e. The predicted molar refractivity (Wildman–Crippen MR) is 179 cm³/mol. The van der Waals surface area contributed by atoms with E-state index in [0.717, 1.165) is 43.0 Å². The van der Waals surface area contributed by atoms with Gasteiger partial charge in [0.1, 0.15) is 22.0 Å². The molecule has 6 heteroatoms. The van der Waals surface area contributed by atoms with E-state index in [4.69, 9.17) is 4.42 Å². The van der Waals surface area contributed by atoms with E-state index < -0.39 is 0 Å². The number of hydrogen-bond acceptors (Lipinski definition) is 6. The van der Waals surface area contributed by atoms with Crippen molar-refractivity contribution in [3.63, 3.8) is 0 Å². The first-order valence-electron chi connectivity index (χ1n) is 14.1. The zero-order chi connectivity index (χ0) is 29.9. The van der Waals surface area contributed by atoms with Gasteiger partial charge < -0.3 is 14.6 Å². The fraction of sp³-hybridized carbons (Fsp3) is 0. The lowest BCUT2D eigenvalue weighted by Crippen LogP contribution is -1.78. The van der Waals surface area contributed by atoms with Crippen LogP contribution in [0.5, 0.6) is 11.5 Å². The van der Waals surface area contributed by atoms with Gasteiger partial charge in [0.05, 0.1) is 21.3 Å². The van der Waals surface area contributed by atoms with E-state index in [1.54, 1.807) is 35.6 Å². The summed E-state index contributed by atoms with van der Waals surface area (Å²) in [5.74, 6) is 0.862. The number of nitrogens with zero attached hydrogens (tertiary/aromatic N) is 2. The summed E-state index contributed by atoms with van der Waals surface area (Å²) in [6.07, 6.45) is 0. The zero-order valence-electron chi connectivity index (χ0n) is 23.5. The first kappa shape index (κ1) is 27.1. The number of para-hydroxylation sites is 2. The lowest BCUT2D eigenvalue weighted by molar-refractivity contribution is 0.474. The average molecular weight is 591 g/mol. The van der Waals surface area contributed by atoms with Crippen LogP contribution in [0.1, 0.15) is 0 Å². The summed E-state index contributed by atoms with van der Waals surface area (Å²) in [5.41, 5.74) is 8.39. The first-order chi connectivity index (χ1) is 21.6. The molecule has 0 bridgehead atoms. The van der Waals surface area contributed by atoms with Crippen molar-refractivity contribution in [1.29, 1.82) is 0 Å². The lowest BCUT2D eigenvalue weighted by Gasteiger charge is -2.00. The summed E-state index contributed by atoms with van der Waals surface area (Å²) in [7, 11) is 0. The van der Waals surface area contributed by atoms with E-state index >= 15 is 0 Å². The van der Waals surface area contributed by atoms with Gasteiger partial charge >= 0.3 is 0 Å². The first-order valence-corrected chi connectivity index (χ1v) is 14.9. The van der Waals surface area contributed by atoms with Crippen molar-refractivity contribution in [2.45, 2.75) is 0 Å². The molecule has 0 aliphatic carbocycles. The molecule has 6 aromatic carbocycles. The molecule has 0 spiro atoms. The predicted octanol–water partition coefficient (Wildman–Crippen LogP) is 10.2. The number of thiazole rings is 1. The Kier molecular flexibility index (Phi) is 7.32. The molecule has 0 radical (unpaired) electrons. The highest BCUT2D eigenvalue weighted by molar-refractivity contribution is 7.21. The van der Waals surface area contributed by atoms with Crippen molar-refractivity contribution in [2.24, 2.45) is 0 Å². The van der Waals surface area contributed by atoms with Crippen molar-refractivity contribution in [3.05, 3.63) is 146 Å². The smallest absolute Gasteiger partial charge is 0.231 e. The van der Waals surface area contributed by atoms with E-state index in [1.807, 2.05) is 78.9 Å². The molecule has 5 nitrogen and oxygen atoms in total. The second kappa shape index (κ2) is 11.9. The van der Waals surface area contributed by atoms with Crippen LogP contribution < -0.4 is 0 Å². The molecule has 0 atom stereocenters. The van der Waals surface area contributed by atoms with Crippen molar-refractivity contribution in [1.82, 2.24) is 9.97 Å². The normalized spacial score (nSPS) is 10.9. The number of hydrogen-bond donors (Lipinski definition) is 2. The van der Waals surface area contributed by atoms with Crippen LogP contribution in [-0.4, -0.2) is 20.2 Å². The molecule has 2 heterocycles. The second-order valence-corrected chi connectivity index (χ2v) is 11.2. The molecule has 8 rings (SSSR count). The summed E-state index contributed by atoms with van der Waals surface area (Å²) in [5, 5.41) is 20.8. The highest BCUT2D eigenvalue weighted by Gasteiger charge is 2.13. The third kappa shape index (κ3) is 5.54. The molecule has 0 aliphatic rings. The molecule has 0 fully saturated rings. The van der Waals surface area contributed by atoms with Crippen LogP contribution in [0.3, 0.4) is 0 Å². The highest BCUT2D eigenvalue weighted by atomic mass is 32.1. The Labute approximate surface area is 258 Å². The number of oxazole rings is 1. The highest BCUT2D eigenvalue weighted by Crippen LogP contribution is 2.36. The Balaban J connectivity index is 0.000000142. The van der Waals surface area contributed by atoms with Gasteiger partial charge in [-0.25, -0.2) is 9.97 Å². The number of phenolic OH excluding ortho intramolecular Hbond substituents is 2. The molecule has 0 amide bonds. The van der Waals surface area contributed by atoms with Crippen LogP contribution in [0.2, 0.25) is 0 Å². The minimum atomic E-state index is 0.164. The van der Waals surface area contributed by atoms with Gasteiger partial charge in [-0.05, 0) is 70.8 Å². The van der Waals surface area contributed by atoms with Gasteiger partial charge in [-0.15, -0.1) is 11.3 Å². The van der Waals surface area contributed by atoms with E-state index in [1.165, 1.54) is 5.56 Å². The monoisotopic (exact) mass is 590 g/mol. The van der Waals surface area contributed by atoms with Crippen LogP contribution in [0.15, 0.2) is 150 Å². The Morgan fingerprint density at radius 3 is 1.66 bits per heavy atom. The number of aromatic hydroxyl groups is 2. The molecule has 0 aliphatic heterocycles. The topological polar surface area (TPSA) is 79.4 Å². The van der Waals surface area contributed by atoms with E-state index in [0.29, 0.717) is 17.0 Å². The maximum atomic E-state index is 9.99. The number of fused-ring (bicyclic) bond motifs is 2. The minimum absolute atomic E-state index is 0.164. The van der Waals surface area contributed by atoms with Crippen molar-refractivity contribution in [3.8, 4) is 55.8 Å². The molecule has 8 aromatic rings. The standard InChI is InChI=1S/C19H13NO2.C19H13NOS/c2*21-17-9-5-4-8-15(17)19-20-16-12-14(10-11-18(16)22-19)13-6-2-1-3-7-13/h2*1-12,21H. The van der Waals surface area contributed by atoms with Crippen LogP contribution in [0.4, 0.5) is 0 Å². The number of rotatable bonds is 4. The fourth-order valence-electron chi connectivity index (χ4n) is 5.01. The Hall–Kier alpha value is -5.72. The number of benzene rings is 6. The molecule has 0 saturated carbocycles. The molecule has 0 unspecified atom stereocenters. The number of phenols is 2. The van der Waals surface area contributed by atoms with E-state index in [2.05, 4.69) is 52.4 Å². The maximum Gasteiger partial charge on any atom is 0.231 e. The van der Waals surface area contributed by atoms with Gasteiger partial charge in [-0.2, -0.15) is 0 Å². The maximum absolute atomic E-state index is 9.99. The van der Waals surface area contributed by atoms with Gasteiger partial charge in [0.25, 0.3) is 0 Å². The van der Waals surface area contributed by atoms with E-state index in [-0.39, 0.29) is 11.5 Å². The molecule has 212 valence electrons. The quantitative estimate of drug-likeness (QED) is 0.213. The summed E-state index contributed by atoms with van der Waals surface area (Å²) >= 11 is 1.60. The Morgan fingerprint density at radius 2 is 1.02 bits per heavy atom. The summed E-state index contributed by atoms with van der Waals surface area (Å²) < 4.78 is 6.88. The zero-order valence-corrected chi connectivity index (χ0v) is 24.3. The molecule has 2 N–H and O–H groups in total. The van der Waals surface area contributed by atoms with Crippen LogP contribution >= 0.6 is 11.3 Å². The van der Waals surface area contributed by atoms with Gasteiger partial charge in [0, 0.05) is 0 Å². The Morgan fingerprint density at radius 1 is 0.477 bits per heavy atom. The van der Waals surface area contributed by atoms with Crippen LogP contribution in [0.25, 0.3) is 65.6 Å². The van der Waals surface area contributed by atoms with E-state index in [9.17, 15) is 10.2 Å². The average Bonchev–Trinajstić information content (AvgIpc) is 3.70. The summed E-state index contributed by atoms with van der Waals surface area (Å²) in [6, 6.07) is 47.0. The van der Waals surface area contributed by atoms with Crippen molar-refractivity contribution >= 4 is 32.7 Å². The molecular formula is C38H26N2O3S. The summed E-state index contributed by atoms with van der Waals surface area (Å²) in [6.45, 7) is 0. The van der Waals surface area contributed by atoms with Crippen LogP contribution in [-0.2, 0) is 0 Å². The third-order valence-electron chi connectivity index (χ3n) is 7.26. The summed E-state index contributed by atoms with van der Waals surface area (Å²) in [4.78, 5) is 9.19. The van der Waals surface area contributed by atoms with Gasteiger partial charge in [-0.3, -0.25) is 0 Å². The lowest BCUT2D eigenvalue weighted by atomic mass is 10.1. The van der Waals surface area contributed by atoms with Gasteiger partial charge in [0.2, 0.25) is 5.89 Å². The SMILES string of the molecule is Oc1ccccc1-c1nc2cc(-c3ccccc3)ccc2o1.Oc1ccccc1-c1nc2cc(-c3ccccc3)ccc2s1. The van der Waals surface area contributed by atoms with Gasteiger partial charge in [-0.1, -0.05) is 97.1 Å². The molecule has 0 saturated heterocycles. The van der Waals surface area contributed by atoms with Crippen molar-refractivity contribution < 1.29 is 14.6 Å². The van der Waals surface area contributed by atoms with Gasteiger partial charge in [0.15, 0.2) is 5.58 Å². The molecule has 44 heavy (non-hydrogen) atoms. The molecule has 2 aromatic heterocycles. The molecular weight excluding hydrogens is 564 g/mol. The Bertz CT molecular complexity index is 2050. The largest absolute Gasteiger partial charge is 0.507 e.